The van der Waals surface area contributed by atoms with Crippen molar-refractivity contribution in [1.82, 2.24) is 0 Å². The highest BCUT2D eigenvalue weighted by atomic mass is 19.4. The molecule has 0 bridgehead atoms. The van der Waals surface area contributed by atoms with Crippen LogP contribution in [-0.4, -0.2) is 5.11 Å². The number of aliphatic hydroxyl groups excluding tert-OH is 1. The van der Waals surface area contributed by atoms with Crippen molar-refractivity contribution in [3.63, 3.8) is 0 Å². The highest BCUT2D eigenvalue weighted by Crippen LogP contribution is 2.29. The van der Waals surface area contributed by atoms with Gasteiger partial charge < -0.3 is 5.11 Å². The monoisotopic (exact) mass is 200 g/mol. The van der Waals surface area contributed by atoms with Crippen LogP contribution in [0.2, 0.25) is 0 Å². The van der Waals surface area contributed by atoms with Gasteiger partial charge in [0.2, 0.25) is 0 Å². The van der Waals surface area contributed by atoms with Crippen LogP contribution in [0.1, 0.15) is 17.2 Å². The Hall–Kier alpha value is -1.47. The summed E-state index contributed by atoms with van der Waals surface area (Å²) in [4.78, 5) is 0. The van der Waals surface area contributed by atoms with Crippen LogP contribution in [0.25, 0.3) is 0 Å². The predicted molar refractivity (Wildman–Crippen MR) is 45.2 cm³/mol. The molecule has 1 atom stereocenters. The van der Waals surface area contributed by atoms with Gasteiger partial charge in [0.05, 0.1) is 5.56 Å². The van der Waals surface area contributed by atoms with Crippen LogP contribution in [0.5, 0.6) is 0 Å². The molecular formula is C10H7F3O. The number of halogens is 3. The van der Waals surface area contributed by atoms with Gasteiger partial charge in [0.1, 0.15) is 6.10 Å². The molecule has 4 heteroatoms. The topological polar surface area (TPSA) is 20.2 Å². The lowest BCUT2D eigenvalue weighted by atomic mass is 10.1. The standard InChI is InChI=1S/C10H7F3O/c1-2-9(14)7-3-5-8(6-4-7)10(11,12)13/h1,3-6,9,14H. The number of hydrogen-bond acceptors (Lipinski definition) is 1. The van der Waals surface area contributed by atoms with Gasteiger partial charge in [-0.2, -0.15) is 13.2 Å². The van der Waals surface area contributed by atoms with E-state index in [0.29, 0.717) is 0 Å². The van der Waals surface area contributed by atoms with Gasteiger partial charge in [0.25, 0.3) is 0 Å². The molecule has 0 heterocycles. The molecule has 0 saturated heterocycles. The SMILES string of the molecule is C#CC(O)c1ccc(C(F)(F)F)cc1. The Kier molecular flexibility index (Phi) is 2.82. The van der Waals surface area contributed by atoms with Gasteiger partial charge in [-0.3, -0.25) is 0 Å². The van der Waals surface area contributed by atoms with Crippen molar-refractivity contribution in [3.8, 4) is 12.3 Å². The van der Waals surface area contributed by atoms with Gasteiger partial charge in [-0.05, 0) is 17.7 Å². The molecule has 1 unspecified atom stereocenters. The molecule has 0 saturated carbocycles. The molecule has 0 aliphatic carbocycles. The summed E-state index contributed by atoms with van der Waals surface area (Å²) in [6.07, 6.45) is -0.611. The van der Waals surface area contributed by atoms with Crippen molar-refractivity contribution >= 4 is 0 Å². The molecule has 14 heavy (non-hydrogen) atoms. The minimum absolute atomic E-state index is 0.278. The summed E-state index contributed by atoms with van der Waals surface area (Å²) in [6.45, 7) is 0. The Morgan fingerprint density at radius 2 is 1.71 bits per heavy atom. The third-order valence-electron chi connectivity index (χ3n) is 1.71. The highest BCUT2D eigenvalue weighted by molar-refractivity contribution is 5.29. The average molecular weight is 200 g/mol. The summed E-state index contributed by atoms with van der Waals surface area (Å²) in [6, 6.07) is 4.09. The Labute approximate surface area is 79.2 Å². The molecule has 1 N–H and O–H groups in total. The normalized spacial score (nSPS) is 13.4. The minimum Gasteiger partial charge on any atom is -0.376 e. The van der Waals surface area contributed by atoms with E-state index in [-0.39, 0.29) is 5.56 Å². The van der Waals surface area contributed by atoms with E-state index in [0.717, 1.165) is 24.3 Å². The van der Waals surface area contributed by atoms with Crippen LogP contribution < -0.4 is 0 Å². The summed E-state index contributed by atoms with van der Waals surface area (Å²) >= 11 is 0. The Bertz CT molecular complexity index is 345. The predicted octanol–water partition coefficient (Wildman–Crippen LogP) is 2.37. The first-order valence-corrected chi connectivity index (χ1v) is 3.76. The average Bonchev–Trinajstić information content (AvgIpc) is 2.15. The fourth-order valence-electron chi connectivity index (χ4n) is 0.951. The van der Waals surface area contributed by atoms with E-state index in [9.17, 15) is 13.2 Å². The molecule has 74 valence electrons. The van der Waals surface area contributed by atoms with Gasteiger partial charge in [0, 0.05) is 0 Å². The molecule has 0 fully saturated rings. The first-order valence-electron chi connectivity index (χ1n) is 3.76. The lowest BCUT2D eigenvalue weighted by Crippen LogP contribution is -2.05. The van der Waals surface area contributed by atoms with Crippen LogP contribution in [0.4, 0.5) is 13.2 Å². The van der Waals surface area contributed by atoms with Crippen LogP contribution in [0, 0.1) is 12.3 Å². The molecule has 0 spiro atoms. The van der Waals surface area contributed by atoms with E-state index in [1.54, 1.807) is 0 Å². The maximum Gasteiger partial charge on any atom is 0.416 e. The number of terminal acetylenes is 1. The minimum atomic E-state index is -4.36. The van der Waals surface area contributed by atoms with Gasteiger partial charge in [0.15, 0.2) is 0 Å². The number of benzene rings is 1. The van der Waals surface area contributed by atoms with Crippen LogP contribution in [0.15, 0.2) is 24.3 Å². The lowest BCUT2D eigenvalue weighted by molar-refractivity contribution is -0.137. The summed E-state index contributed by atoms with van der Waals surface area (Å²) in [5, 5.41) is 9.11. The first-order chi connectivity index (χ1) is 6.45. The zero-order chi connectivity index (χ0) is 10.8. The molecule has 1 rings (SSSR count). The maximum atomic E-state index is 12.1. The second-order valence-corrected chi connectivity index (χ2v) is 2.69. The van der Waals surface area contributed by atoms with Crippen molar-refractivity contribution < 1.29 is 18.3 Å². The summed E-state index contributed by atoms with van der Waals surface area (Å²) in [5.41, 5.74) is -0.481. The van der Waals surface area contributed by atoms with Crippen molar-refractivity contribution in [1.29, 1.82) is 0 Å². The Balaban J connectivity index is 2.96. The van der Waals surface area contributed by atoms with Crippen molar-refractivity contribution in [2.75, 3.05) is 0 Å². The van der Waals surface area contributed by atoms with E-state index in [2.05, 4.69) is 0 Å². The van der Waals surface area contributed by atoms with Crippen molar-refractivity contribution in [2.45, 2.75) is 12.3 Å². The van der Waals surface area contributed by atoms with Crippen molar-refractivity contribution in [2.24, 2.45) is 0 Å². The quantitative estimate of drug-likeness (QED) is 0.690. The van der Waals surface area contributed by atoms with Gasteiger partial charge in [-0.1, -0.05) is 18.1 Å². The highest BCUT2D eigenvalue weighted by Gasteiger charge is 2.30. The maximum absolute atomic E-state index is 12.1. The Morgan fingerprint density at radius 3 is 2.07 bits per heavy atom. The second-order valence-electron chi connectivity index (χ2n) is 2.69. The van der Waals surface area contributed by atoms with E-state index in [4.69, 9.17) is 11.5 Å². The zero-order valence-corrected chi connectivity index (χ0v) is 7.05. The van der Waals surface area contributed by atoms with E-state index in [1.807, 2.05) is 5.92 Å². The van der Waals surface area contributed by atoms with Gasteiger partial charge in [-0.15, -0.1) is 6.42 Å². The molecule has 1 aromatic carbocycles. The summed E-state index contributed by atoms with van der Waals surface area (Å²) in [5.74, 6) is 2.01. The van der Waals surface area contributed by atoms with E-state index in [1.165, 1.54) is 0 Å². The zero-order valence-electron chi connectivity index (χ0n) is 7.05. The number of hydrogen-bond donors (Lipinski definition) is 1. The molecule has 0 aliphatic heterocycles. The van der Waals surface area contributed by atoms with Gasteiger partial charge in [-0.25, -0.2) is 0 Å². The summed E-state index contributed by atoms with van der Waals surface area (Å²) < 4.78 is 36.3. The summed E-state index contributed by atoms with van der Waals surface area (Å²) in [7, 11) is 0. The number of alkyl halides is 3. The molecule has 0 aliphatic rings. The molecule has 0 aromatic heterocycles. The first kappa shape index (κ1) is 10.6. The molecule has 1 aromatic rings. The van der Waals surface area contributed by atoms with E-state index < -0.39 is 17.8 Å². The molecular weight excluding hydrogens is 193 g/mol. The van der Waals surface area contributed by atoms with Crippen LogP contribution >= 0.6 is 0 Å². The third-order valence-corrected chi connectivity index (χ3v) is 1.71. The number of aliphatic hydroxyl groups is 1. The van der Waals surface area contributed by atoms with Crippen molar-refractivity contribution in [3.05, 3.63) is 35.4 Å². The fourth-order valence-corrected chi connectivity index (χ4v) is 0.951. The lowest BCUT2D eigenvalue weighted by Gasteiger charge is -2.08. The molecule has 1 nitrogen and oxygen atoms in total. The smallest absolute Gasteiger partial charge is 0.376 e. The second kappa shape index (κ2) is 3.72. The molecule has 0 amide bonds. The van der Waals surface area contributed by atoms with Crippen LogP contribution in [-0.2, 0) is 6.18 Å². The largest absolute Gasteiger partial charge is 0.416 e. The third kappa shape index (κ3) is 2.27. The Morgan fingerprint density at radius 1 is 1.21 bits per heavy atom. The fraction of sp³-hybridized carbons (Fsp3) is 0.200. The number of rotatable bonds is 1. The van der Waals surface area contributed by atoms with Crippen LogP contribution in [0.3, 0.4) is 0 Å². The van der Waals surface area contributed by atoms with E-state index >= 15 is 0 Å². The van der Waals surface area contributed by atoms with Gasteiger partial charge >= 0.3 is 6.18 Å². The molecule has 0 radical (unpaired) electrons.